The molecule has 0 unspecified atom stereocenters. The van der Waals surface area contributed by atoms with Crippen molar-refractivity contribution in [1.29, 1.82) is 0 Å². The van der Waals surface area contributed by atoms with Gasteiger partial charge >= 0.3 is 0 Å². The molecular formula is C28H28N6O4. The second-order valence-corrected chi connectivity index (χ2v) is 10.7. The summed E-state index contributed by atoms with van der Waals surface area (Å²) in [7, 11) is 1.65. The molecule has 0 amide bonds. The van der Waals surface area contributed by atoms with Crippen LogP contribution in [-0.4, -0.2) is 28.8 Å². The minimum Gasteiger partial charge on any atom is -0.392 e. The number of aliphatic hydroxyl groups is 1. The number of aryl methyl sites for hydroxylation is 2. The summed E-state index contributed by atoms with van der Waals surface area (Å²) in [6.45, 7) is 5.88. The van der Waals surface area contributed by atoms with Crippen molar-refractivity contribution in [2.75, 3.05) is 5.32 Å². The van der Waals surface area contributed by atoms with Gasteiger partial charge in [0.25, 0.3) is 11.1 Å². The van der Waals surface area contributed by atoms with Crippen LogP contribution in [0, 0.1) is 12.3 Å². The number of pyridine rings is 2. The van der Waals surface area contributed by atoms with Crippen LogP contribution in [-0.2, 0) is 26.5 Å². The maximum absolute atomic E-state index is 13.6. The van der Waals surface area contributed by atoms with E-state index in [9.17, 15) is 14.7 Å². The summed E-state index contributed by atoms with van der Waals surface area (Å²) in [5.74, 6) is 1.37. The Hall–Kier alpha value is -4.44. The monoisotopic (exact) mass is 512 g/mol. The Kier molecular flexibility index (Phi) is 5.39. The molecule has 194 valence electrons. The van der Waals surface area contributed by atoms with E-state index in [0.29, 0.717) is 45.3 Å². The molecule has 0 saturated carbocycles. The fourth-order valence-electron chi connectivity index (χ4n) is 5.45. The van der Waals surface area contributed by atoms with Crippen LogP contribution in [0.2, 0.25) is 0 Å². The lowest BCUT2D eigenvalue weighted by molar-refractivity contribution is 0.281. The summed E-state index contributed by atoms with van der Waals surface area (Å²) in [5.41, 5.74) is 4.76. The van der Waals surface area contributed by atoms with Crippen LogP contribution in [0.4, 0.5) is 11.5 Å². The van der Waals surface area contributed by atoms with Crippen LogP contribution >= 0.6 is 0 Å². The average molecular weight is 513 g/mol. The molecule has 0 aromatic carbocycles. The van der Waals surface area contributed by atoms with Crippen LogP contribution in [0.1, 0.15) is 36.4 Å². The first kappa shape index (κ1) is 23.9. The number of rotatable bonds is 5. The minimum absolute atomic E-state index is 0.177. The molecule has 0 atom stereocenters. The third kappa shape index (κ3) is 3.84. The number of nitrogens with zero attached hydrogens (tertiary/aromatic N) is 5. The van der Waals surface area contributed by atoms with E-state index in [1.165, 1.54) is 20.4 Å². The van der Waals surface area contributed by atoms with Crippen molar-refractivity contribution in [2.45, 2.75) is 40.2 Å². The van der Waals surface area contributed by atoms with E-state index in [0.717, 1.165) is 12.8 Å². The first-order valence-electron chi connectivity index (χ1n) is 12.4. The molecule has 0 saturated heterocycles. The molecule has 6 rings (SSSR count). The van der Waals surface area contributed by atoms with Crippen molar-refractivity contribution in [3.05, 3.63) is 92.3 Å². The molecule has 1 aliphatic carbocycles. The zero-order chi connectivity index (χ0) is 26.8. The second-order valence-electron chi connectivity index (χ2n) is 10.7. The molecule has 0 spiro atoms. The molecule has 5 aromatic heterocycles. The number of aliphatic hydroxyl groups excluding tert-OH is 1. The number of hydrogen-bond donors (Lipinski definition) is 2. The highest BCUT2D eigenvalue weighted by Crippen LogP contribution is 2.37. The van der Waals surface area contributed by atoms with E-state index in [1.807, 2.05) is 16.7 Å². The summed E-state index contributed by atoms with van der Waals surface area (Å²) in [4.78, 5) is 30.9. The maximum Gasteiger partial charge on any atom is 0.280 e. The standard InChI is InChI=1S/C28H28N6O4/c1-16-9-24(31-38-16)30-21-10-18(14-32(4)26(21)36)19-5-6-29-25(20(19)15-35)34-8-7-33-22(27(34)37)11-17-12-28(2,3)13-23(17)33/h5-11,14,35H,12-13,15H2,1-4H3,(H,30,31). The topological polar surface area (TPSA) is 120 Å². The van der Waals surface area contributed by atoms with Crippen molar-refractivity contribution in [1.82, 2.24) is 23.7 Å². The molecule has 0 aliphatic heterocycles. The fourth-order valence-corrected chi connectivity index (χ4v) is 5.45. The summed E-state index contributed by atoms with van der Waals surface area (Å²) < 4.78 is 10.0. The van der Waals surface area contributed by atoms with Crippen LogP contribution in [0.15, 0.2) is 63.2 Å². The summed E-state index contributed by atoms with van der Waals surface area (Å²) in [5, 5.41) is 17.4. The van der Waals surface area contributed by atoms with Crippen LogP contribution < -0.4 is 16.4 Å². The Morgan fingerprint density at radius 3 is 2.68 bits per heavy atom. The highest BCUT2D eigenvalue weighted by atomic mass is 16.5. The number of anilines is 2. The van der Waals surface area contributed by atoms with Crippen molar-refractivity contribution < 1.29 is 9.63 Å². The van der Waals surface area contributed by atoms with Gasteiger partial charge in [-0.1, -0.05) is 19.0 Å². The summed E-state index contributed by atoms with van der Waals surface area (Å²) in [6.07, 6.45) is 8.71. The van der Waals surface area contributed by atoms with Gasteiger partial charge in [0.15, 0.2) is 5.82 Å². The van der Waals surface area contributed by atoms with Gasteiger partial charge in [0.2, 0.25) is 0 Å². The van der Waals surface area contributed by atoms with Crippen molar-refractivity contribution >= 4 is 17.0 Å². The SMILES string of the molecule is Cc1cc(Nc2cc(-c3ccnc(-n4ccn5c6c(cc5c4=O)CC(C)(C)C6)c3CO)cn(C)c2=O)no1. The van der Waals surface area contributed by atoms with Crippen LogP contribution in [0.5, 0.6) is 0 Å². The predicted octanol–water partition coefficient (Wildman–Crippen LogP) is 3.51. The maximum atomic E-state index is 13.6. The van der Waals surface area contributed by atoms with E-state index in [1.54, 1.807) is 50.8 Å². The van der Waals surface area contributed by atoms with Crippen LogP contribution in [0.3, 0.4) is 0 Å². The highest BCUT2D eigenvalue weighted by molar-refractivity contribution is 5.73. The molecule has 10 heteroatoms. The van der Waals surface area contributed by atoms with Gasteiger partial charge in [-0.15, -0.1) is 0 Å². The molecular weight excluding hydrogens is 484 g/mol. The number of aromatic nitrogens is 5. The molecule has 0 radical (unpaired) electrons. The van der Waals surface area contributed by atoms with E-state index < -0.39 is 0 Å². The first-order valence-corrected chi connectivity index (χ1v) is 12.4. The van der Waals surface area contributed by atoms with Crippen LogP contribution in [0.25, 0.3) is 22.5 Å². The Bertz CT molecular complexity index is 1840. The molecule has 2 N–H and O–H groups in total. The van der Waals surface area contributed by atoms with E-state index >= 15 is 0 Å². The number of fused-ring (bicyclic) bond motifs is 3. The van der Waals surface area contributed by atoms with Gasteiger partial charge in [0.1, 0.15) is 22.8 Å². The minimum atomic E-state index is -0.351. The second kappa shape index (κ2) is 8.56. The molecule has 0 bridgehead atoms. The average Bonchev–Trinajstić information content (AvgIpc) is 3.53. The molecule has 10 nitrogen and oxygen atoms in total. The molecule has 5 aromatic rings. The lowest BCUT2D eigenvalue weighted by atomic mass is 9.90. The Morgan fingerprint density at radius 2 is 1.95 bits per heavy atom. The van der Waals surface area contributed by atoms with Gasteiger partial charge in [0, 0.05) is 54.7 Å². The zero-order valence-corrected chi connectivity index (χ0v) is 21.6. The highest BCUT2D eigenvalue weighted by Gasteiger charge is 2.31. The number of hydrogen-bond acceptors (Lipinski definition) is 7. The Balaban J connectivity index is 1.47. The van der Waals surface area contributed by atoms with Gasteiger partial charge in [0.05, 0.1) is 6.61 Å². The normalized spacial score (nSPS) is 14.2. The third-order valence-electron chi connectivity index (χ3n) is 7.15. The lowest BCUT2D eigenvalue weighted by Crippen LogP contribution is -2.23. The summed E-state index contributed by atoms with van der Waals surface area (Å²) >= 11 is 0. The van der Waals surface area contributed by atoms with Gasteiger partial charge in [-0.2, -0.15) is 0 Å². The Morgan fingerprint density at radius 1 is 1.13 bits per heavy atom. The largest absolute Gasteiger partial charge is 0.392 e. The molecule has 1 aliphatic rings. The van der Waals surface area contributed by atoms with Gasteiger partial charge in [-0.05, 0) is 54.5 Å². The lowest BCUT2D eigenvalue weighted by Gasteiger charge is -2.17. The van der Waals surface area contributed by atoms with Crippen molar-refractivity contribution in [3.63, 3.8) is 0 Å². The van der Waals surface area contributed by atoms with Gasteiger partial charge in [-0.25, -0.2) is 4.98 Å². The third-order valence-corrected chi connectivity index (χ3v) is 7.15. The summed E-state index contributed by atoms with van der Waals surface area (Å²) in [6, 6.07) is 7.12. The van der Waals surface area contributed by atoms with E-state index in [-0.39, 0.29) is 23.1 Å². The Labute approximate surface area is 217 Å². The fraction of sp³-hybridized carbons (Fsp3) is 0.286. The molecule has 0 fully saturated rings. The quantitative estimate of drug-likeness (QED) is 0.370. The van der Waals surface area contributed by atoms with Crippen molar-refractivity contribution in [3.8, 4) is 16.9 Å². The van der Waals surface area contributed by atoms with Crippen molar-refractivity contribution in [2.24, 2.45) is 12.5 Å². The smallest absolute Gasteiger partial charge is 0.280 e. The zero-order valence-electron chi connectivity index (χ0n) is 21.6. The molecule has 5 heterocycles. The van der Waals surface area contributed by atoms with E-state index in [4.69, 9.17) is 4.52 Å². The first-order chi connectivity index (χ1) is 18.1. The van der Waals surface area contributed by atoms with Gasteiger partial charge < -0.3 is 23.9 Å². The number of nitrogens with one attached hydrogen (secondary N) is 1. The molecule has 38 heavy (non-hydrogen) atoms. The predicted molar refractivity (Wildman–Crippen MR) is 143 cm³/mol. The van der Waals surface area contributed by atoms with E-state index in [2.05, 4.69) is 29.3 Å². The van der Waals surface area contributed by atoms with Gasteiger partial charge in [-0.3, -0.25) is 14.2 Å².